The van der Waals surface area contributed by atoms with E-state index in [4.69, 9.17) is 0 Å². The van der Waals surface area contributed by atoms with Crippen molar-refractivity contribution in [3.63, 3.8) is 0 Å². The van der Waals surface area contributed by atoms with E-state index in [1.807, 2.05) is 13.8 Å². The van der Waals surface area contributed by atoms with Crippen LogP contribution < -0.4 is 5.32 Å². The summed E-state index contributed by atoms with van der Waals surface area (Å²) in [4.78, 5) is 2.32. The lowest BCUT2D eigenvalue weighted by atomic mass is 10.1. The van der Waals surface area contributed by atoms with Crippen LogP contribution in [0.25, 0.3) is 0 Å². The van der Waals surface area contributed by atoms with Crippen molar-refractivity contribution in [2.75, 3.05) is 20.1 Å². The van der Waals surface area contributed by atoms with Gasteiger partial charge in [-0.15, -0.1) is 0 Å². The third-order valence-electron chi connectivity index (χ3n) is 2.50. The Labute approximate surface area is 93.3 Å². The summed E-state index contributed by atoms with van der Waals surface area (Å²) in [6.45, 7) is 7.37. The molecule has 0 bridgehead atoms. The summed E-state index contributed by atoms with van der Waals surface area (Å²) in [5, 5.41) is 3.52. The van der Waals surface area contributed by atoms with E-state index in [2.05, 4.69) is 47.6 Å². The maximum atomic E-state index is 3.52. The lowest BCUT2D eigenvalue weighted by molar-refractivity contribution is 0.161. The molecule has 84 valence electrons. The van der Waals surface area contributed by atoms with Gasteiger partial charge in [-0.1, -0.05) is 44.2 Å². The van der Waals surface area contributed by atoms with Crippen LogP contribution in [0.15, 0.2) is 30.3 Å². The molecule has 0 atom stereocenters. The maximum absolute atomic E-state index is 3.52. The van der Waals surface area contributed by atoms with Gasteiger partial charge in [0.25, 0.3) is 0 Å². The van der Waals surface area contributed by atoms with E-state index in [1.54, 1.807) is 0 Å². The first-order chi connectivity index (χ1) is 7.34. The Bertz CT molecular complexity index is 252. The topological polar surface area (TPSA) is 15.3 Å². The second kappa shape index (κ2) is 6.59. The average Bonchev–Trinajstić information content (AvgIpc) is 2.27. The van der Waals surface area contributed by atoms with Gasteiger partial charge in [0, 0.05) is 25.7 Å². The van der Waals surface area contributed by atoms with E-state index >= 15 is 0 Å². The maximum Gasteiger partial charge on any atom is 0.0325 e. The molecular weight excluding hydrogens is 184 g/mol. The third-order valence-corrected chi connectivity index (χ3v) is 2.50. The van der Waals surface area contributed by atoms with E-state index in [9.17, 15) is 0 Å². The molecule has 2 nitrogen and oxygen atoms in total. The number of nitrogens with zero attached hydrogens (tertiary/aromatic N) is 1. The van der Waals surface area contributed by atoms with Gasteiger partial charge in [0.1, 0.15) is 0 Å². The van der Waals surface area contributed by atoms with Gasteiger partial charge in [-0.3, -0.25) is 0 Å². The molecule has 1 aliphatic heterocycles. The summed E-state index contributed by atoms with van der Waals surface area (Å²) < 4.78 is 0. The van der Waals surface area contributed by atoms with Crippen LogP contribution in [0, 0.1) is 0 Å². The van der Waals surface area contributed by atoms with Crippen LogP contribution in [-0.2, 0) is 6.54 Å². The number of benzene rings is 1. The quantitative estimate of drug-likeness (QED) is 0.815. The summed E-state index contributed by atoms with van der Waals surface area (Å²) in [7, 11) is 2.15. The Morgan fingerprint density at radius 1 is 1.20 bits per heavy atom. The first-order valence-corrected chi connectivity index (χ1v) is 5.80. The molecule has 1 saturated heterocycles. The normalized spacial score (nSPS) is 16.5. The van der Waals surface area contributed by atoms with Gasteiger partial charge in [-0.05, 0) is 12.6 Å². The first kappa shape index (κ1) is 12.2. The van der Waals surface area contributed by atoms with Gasteiger partial charge >= 0.3 is 0 Å². The van der Waals surface area contributed by atoms with Crippen LogP contribution in [-0.4, -0.2) is 31.1 Å². The van der Waals surface area contributed by atoms with Gasteiger partial charge in [0.15, 0.2) is 0 Å². The molecule has 1 N–H and O–H groups in total. The highest BCUT2D eigenvalue weighted by atomic mass is 15.2. The van der Waals surface area contributed by atoms with Gasteiger partial charge in [-0.2, -0.15) is 0 Å². The molecule has 1 fully saturated rings. The summed E-state index contributed by atoms with van der Waals surface area (Å²) in [6.07, 6.45) is 0. The van der Waals surface area contributed by atoms with Crippen LogP contribution in [0.2, 0.25) is 0 Å². The second-order valence-electron chi connectivity index (χ2n) is 3.78. The first-order valence-electron chi connectivity index (χ1n) is 5.80. The number of likely N-dealkylation sites (tertiary alicyclic amines) is 1. The molecule has 2 rings (SSSR count). The zero-order valence-corrected chi connectivity index (χ0v) is 10.0. The number of hydrogen-bond donors (Lipinski definition) is 1. The molecule has 1 aromatic rings. The molecule has 1 aromatic carbocycles. The molecule has 0 spiro atoms. The second-order valence-corrected chi connectivity index (χ2v) is 3.78. The van der Waals surface area contributed by atoms with Crippen LogP contribution >= 0.6 is 0 Å². The Morgan fingerprint density at radius 3 is 2.33 bits per heavy atom. The zero-order chi connectivity index (χ0) is 11.1. The van der Waals surface area contributed by atoms with Crippen molar-refractivity contribution in [2.45, 2.75) is 26.4 Å². The van der Waals surface area contributed by atoms with Gasteiger partial charge in [0.2, 0.25) is 0 Å². The van der Waals surface area contributed by atoms with Crippen molar-refractivity contribution < 1.29 is 0 Å². The van der Waals surface area contributed by atoms with E-state index in [1.165, 1.54) is 18.7 Å². The molecule has 0 radical (unpaired) electrons. The molecule has 0 amide bonds. The highest BCUT2D eigenvalue weighted by Crippen LogP contribution is 2.05. The summed E-state index contributed by atoms with van der Waals surface area (Å²) in [6, 6.07) is 11.3. The molecule has 1 heterocycles. The molecule has 2 heteroatoms. The number of likely N-dealkylation sites (N-methyl/N-ethyl adjacent to an activating group) is 1. The van der Waals surface area contributed by atoms with E-state index < -0.39 is 0 Å². The molecule has 0 unspecified atom stereocenters. The Kier molecular flexibility index (Phi) is 5.37. The SMILES string of the molecule is CC.CN1CC(NCc2ccccc2)C1. The fourth-order valence-electron chi connectivity index (χ4n) is 1.69. The fraction of sp³-hybridized carbons (Fsp3) is 0.538. The Balaban J connectivity index is 0.000000531. The Hall–Kier alpha value is -0.860. The highest BCUT2D eigenvalue weighted by Gasteiger charge is 2.21. The molecule has 15 heavy (non-hydrogen) atoms. The standard InChI is InChI=1S/C11H16N2.C2H6/c1-13-8-11(9-13)12-7-10-5-3-2-4-6-10;1-2/h2-6,11-12H,7-9H2,1H3;1-2H3. The summed E-state index contributed by atoms with van der Waals surface area (Å²) in [5.41, 5.74) is 1.37. The van der Waals surface area contributed by atoms with Crippen LogP contribution in [0.1, 0.15) is 19.4 Å². The molecular formula is C13H22N2. The monoisotopic (exact) mass is 206 g/mol. The van der Waals surface area contributed by atoms with Crippen molar-refractivity contribution >= 4 is 0 Å². The molecule has 0 aliphatic carbocycles. The fourth-order valence-corrected chi connectivity index (χ4v) is 1.69. The van der Waals surface area contributed by atoms with Crippen LogP contribution in [0.5, 0.6) is 0 Å². The molecule has 0 aromatic heterocycles. The number of hydrogen-bond acceptors (Lipinski definition) is 2. The van der Waals surface area contributed by atoms with Crippen molar-refractivity contribution in [3.8, 4) is 0 Å². The minimum Gasteiger partial charge on any atom is -0.307 e. The number of rotatable bonds is 3. The van der Waals surface area contributed by atoms with Crippen molar-refractivity contribution in [2.24, 2.45) is 0 Å². The third kappa shape index (κ3) is 4.02. The predicted octanol–water partition coefficient (Wildman–Crippen LogP) is 2.12. The summed E-state index contributed by atoms with van der Waals surface area (Å²) >= 11 is 0. The van der Waals surface area contributed by atoms with Gasteiger partial charge < -0.3 is 10.2 Å². The van der Waals surface area contributed by atoms with E-state index in [-0.39, 0.29) is 0 Å². The lowest BCUT2D eigenvalue weighted by Crippen LogP contribution is -2.55. The molecule has 1 aliphatic rings. The predicted molar refractivity (Wildman–Crippen MR) is 65.9 cm³/mol. The largest absolute Gasteiger partial charge is 0.307 e. The zero-order valence-electron chi connectivity index (χ0n) is 10.0. The average molecular weight is 206 g/mol. The van der Waals surface area contributed by atoms with E-state index in [0.29, 0.717) is 6.04 Å². The smallest absolute Gasteiger partial charge is 0.0325 e. The van der Waals surface area contributed by atoms with Gasteiger partial charge in [-0.25, -0.2) is 0 Å². The number of nitrogens with one attached hydrogen (secondary N) is 1. The molecule has 0 saturated carbocycles. The summed E-state index contributed by atoms with van der Waals surface area (Å²) in [5.74, 6) is 0. The van der Waals surface area contributed by atoms with Crippen LogP contribution in [0.4, 0.5) is 0 Å². The Morgan fingerprint density at radius 2 is 1.80 bits per heavy atom. The van der Waals surface area contributed by atoms with Crippen molar-refractivity contribution in [3.05, 3.63) is 35.9 Å². The van der Waals surface area contributed by atoms with Crippen LogP contribution in [0.3, 0.4) is 0 Å². The minimum absolute atomic E-state index is 0.699. The minimum atomic E-state index is 0.699. The van der Waals surface area contributed by atoms with Gasteiger partial charge in [0.05, 0.1) is 0 Å². The lowest BCUT2D eigenvalue weighted by Gasteiger charge is -2.36. The van der Waals surface area contributed by atoms with Crippen molar-refractivity contribution in [1.82, 2.24) is 10.2 Å². The van der Waals surface area contributed by atoms with Crippen molar-refractivity contribution in [1.29, 1.82) is 0 Å². The van der Waals surface area contributed by atoms with E-state index in [0.717, 1.165) is 6.54 Å². The highest BCUT2D eigenvalue weighted by molar-refractivity contribution is 5.14.